The summed E-state index contributed by atoms with van der Waals surface area (Å²) >= 11 is 0. The van der Waals surface area contributed by atoms with Gasteiger partial charge in [0.2, 0.25) is 10.0 Å². The van der Waals surface area contributed by atoms with Gasteiger partial charge in [0.25, 0.3) is 5.91 Å². The number of hydrogen-bond donors (Lipinski definition) is 1. The lowest BCUT2D eigenvalue weighted by molar-refractivity contribution is 0.0939. The molecular formula is C23H30N2O4S. The van der Waals surface area contributed by atoms with Crippen molar-refractivity contribution in [2.24, 2.45) is 0 Å². The molecule has 1 fully saturated rings. The normalized spacial score (nSPS) is 16.1. The van der Waals surface area contributed by atoms with Gasteiger partial charge >= 0.3 is 0 Å². The molecule has 0 saturated carbocycles. The first-order valence-corrected chi connectivity index (χ1v) is 11.7. The molecule has 1 unspecified atom stereocenters. The number of hydrogen-bond acceptors (Lipinski definition) is 4. The largest absolute Gasteiger partial charge is 0.496 e. The molecule has 0 bridgehead atoms. The number of carbonyl (C=O) groups excluding carboxylic acids is 1. The van der Waals surface area contributed by atoms with Crippen molar-refractivity contribution in [2.45, 2.75) is 51.0 Å². The van der Waals surface area contributed by atoms with Crippen LogP contribution in [0.1, 0.15) is 59.3 Å². The Morgan fingerprint density at radius 3 is 2.43 bits per heavy atom. The van der Waals surface area contributed by atoms with Gasteiger partial charge in [-0.05, 0) is 57.4 Å². The smallest absolute Gasteiger partial charge is 0.251 e. The van der Waals surface area contributed by atoms with Crippen LogP contribution in [0.4, 0.5) is 0 Å². The molecule has 1 heterocycles. The molecule has 1 amide bonds. The Hall–Kier alpha value is -2.38. The van der Waals surface area contributed by atoms with Crippen molar-refractivity contribution in [1.82, 2.24) is 9.62 Å². The highest BCUT2D eigenvalue weighted by Crippen LogP contribution is 2.27. The molecule has 6 nitrogen and oxygen atoms in total. The number of benzene rings is 2. The van der Waals surface area contributed by atoms with E-state index >= 15 is 0 Å². The molecule has 7 heteroatoms. The van der Waals surface area contributed by atoms with Crippen molar-refractivity contribution in [3.63, 3.8) is 0 Å². The predicted octanol–water partition coefficient (Wildman–Crippen LogP) is 3.98. The van der Waals surface area contributed by atoms with Crippen LogP contribution in [0.2, 0.25) is 0 Å². The molecule has 0 spiro atoms. The van der Waals surface area contributed by atoms with E-state index in [1.165, 1.54) is 10.4 Å². The number of carbonyl (C=O) groups is 1. The first-order chi connectivity index (χ1) is 14.2. The number of piperidine rings is 1. The van der Waals surface area contributed by atoms with Crippen molar-refractivity contribution < 1.29 is 17.9 Å². The van der Waals surface area contributed by atoms with E-state index in [-0.39, 0.29) is 16.8 Å². The van der Waals surface area contributed by atoms with Crippen molar-refractivity contribution >= 4 is 15.9 Å². The molecule has 30 heavy (non-hydrogen) atoms. The van der Waals surface area contributed by atoms with Gasteiger partial charge in [0.1, 0.15) is 5.75 Å². The maximum absolute atomic E-state index is 13.1. The molecule has 1 aliphatic heterocycles. The molecule has 2 aromatic rings. The van der Waals surface area contributed by atoms with Crippen LogP contribution in [0, 0.1) is 13.8 Å². The van der Waals surface area contributed by atoms with Gasteiger partial charge in [-0.15, -0.1) is 0 Å². The number of methoxy groups -OCH3 is 1. The summed E-state index contributed by atoms with van der Waals surface area (Å²) < 4.78 is 33.2. The second kappa shape index (κ2) is 9.18. The third kappa shape index (κ3) is 4.68. The van der Waals surface area contributed by atoms with Gasteiger partial charge < -0.3 is 10.1 Å². The fraction of sp³-hybridized carbons (Fsp3) is 0.435. The van der Waals surface area contributed by atoms with Crippen LogP contribution < -0.4 is 10.1 Å². The lowest BCUT2D eigenvalue weighted by atomic mass is 10.0. The van der Waals surface area contributed by atoms with Crippen LogP contribution in [0.5, 0.6) is 5.75 Å². The quantitative estimate of drug-likeness (QED) is 0.752. The van der Waals surface area contributed by atoms with E-state index in [1.54, 1.807) is 26.2 Å². The Labute approximate surface area is 179 Å². The molecule has 0 aromatic heterocycles. The number of rotatable bonds is 6. The van der Waals surface area contributed by atoms with E-state index in [1.807, 2.05) is 32.0 Å². The van der Waals surface area contributed by atoms with E-state index in [2.05, 4.69) is 5.32 Å². The minimum Gasteiger partial charge on any atom is -0.496 e. The number of nitrogens with zero attached hydrogens (tertiary/aromatic N) is 1. The van der Waals surface area contributed by atoms with Gasteiger partial charge in [-0.2, -0.15) is 4.31 Å². The third-order valence-electron chi connectivity index (χ3n) is 5.58. The van der Waals surface area contributed by atoms with Crippen LogP contribution in [-0.4, -0.2) is 38.8 Å². The SMILES string of the molecule is COc1ccc(C)cc1C(C)NC(=O)c1ccc(C)c(S(=O)(=O)N2CCCCC2)c1. The highest BCUT2D eigenvalue weighted by atomic mass is 32.2. The molecule has 1 aliphatic rings. The summed E-state index contributed by atoms with van der Waals surface area (Å²) in [4.78, 5) is 13.1. The topological polar surface area (TPSA) is 75.7 Å². The summed E-state index contributed by atoms with van der Waals surface area (Å²) in [6.07, 6.45) is 2.79. The zero-order chi connectivity index (χ0) is 21.9. The summed E-state index contributed by atoms with van der Waals surface area (Å²) in [5, 5.41) is 2.96. The Kier molecular flexibility index (Phi) is 6.83. The molecule has 2 aromatic carbocycles. The van der Waals surface area contributed by atoms with Crippen LogP contribution in [0.3, 0.4) is 0 Å². The maximum atomic E-state index is 13.1. The maximum Gasteiger partial charge on any atom is 0.251 e. The highest BCUT2D eigenvalue weighted by Gasteiger charge is 2.28. The predicted molar refractivity (Wildman–Crippen MR) is 117 cm³/mol. The first-order valence-electron chi connectivity index (χ1n) is 10.3. The van der Waals surface area contributed by atoms with Gasteiger partial charge in [-0.25, -0.2) is 8.42 Å². The second-order valence-corrected chi connectivity index (χ2v) is 9.79. The number of ether oxygens (including phenoxy) is 1. The van der Waals surface area contributed by atoms with Gasteiger partial charge in [-0.1, -0.05) is 30.2 Å². The molecule has 1 saturated heterocycles. The van der Waals surface area contributed by atoms with Crippen molar-refractivity contribution in [2.75, 3.05) is 20.2 Å². The first kappa shape index (κ1) is 22.3. The molecule has 3 rings (SSSR count). The number of amides is 1. The second-order valence-electron chi connectivity index (χ2n) is 7.89. The number of nitrogens with one attached hydrogen (secondary N) is 1. The average molecular weight is 431 g/mol. The van der Waals surface area contributed by atoms with E-state index in [0.717, 1.165) is 30.4 Å². The Morgan fingerprint density at radius 1 is 1.07 bits per heavy atom. The molecule has 0 aliphatic carbocycles. The summed E-state index contributed by atoms with van der Waals surface area (Å²) in [6.45, 7) is 6.69. The van der Waals surface area contributed by atoms with Crippen LogP contribution in [-0.2, 0) is 10.0 Å². The monoisotopic (exact) mass is 430 g/mol. The Morgan fingerprint density at radius 2 is 1.77 bits per heavy atom. The standard InChI is InChI=1S/C23H30N2O4S/c1-16-8-11-21(29-4)20(14-16)18(3)24-23(26)19-10-9-17(2)22(15-19)30(27,28)25-12-6-5-7-13-25/h8-11,14-15,18H,5-7,12-13H2,1-4H3,(H,24,26). The molecule has 1 N–H and O–H groups in total. The van der Waals surface area contributed by atoms with Crippen molar-refractivity contribution in [3.8, 4) is 5.75 Å². The van der Waals surface area contributed by atoms with Crippen LogP contribution >= 0.6 is 0 Å². The lowest BCUT2D eigenvalue weighted by Crippen LogP contribution is -2.36. The van der Waals surface area contributed by atoms with E-state index in [9.17, 15) is 13.2 Å². The summed E-state index contributed by atoms with van der Waals surface area (Å²) in [5.74, 6) is 0.381. The van der Waals surface area contributed by atoms with Gasteiger partial charge in [0.15, 0.2) is 0 Å². The molecule has 1 atom stereocenters. The zero-order valence-corrected chi connectivity index (χ0v) is 18.9. The molecule has 162 valence electrons. The van der Waals surface area contributed by atoms with Crippen LogP contribution in [0.15, 0.2) is 41.3 Å². The molecular weight excluding hydrogens is 400 g/mol. The van der Waals surface area contributed by atoms with E-state index in [0.29, 0.717) is 30.0 Å². The molecule has 0 radical (unpaired) electrons. The van der Waals surface area contributed by atoms with Gasteiger partial charge in [0, 0.05) is 24.2 Å². The Balaban J connectivity index is 1.85. The fourth-order valence-electron chi connectivity index (χ4n) is 3.81. The minimum absolute atomic E-state index is 0.206. The lowest BCUT2D eigenvalue weighted by Gasteiger charge is -2.26. The van der Waals surface area contributed by atoms with Gasteiger partial charge in [-0.3, -0.25) is 4.79 Å². The fourth-order valence-corrected chi connectivity index (χ4v) is 5.58. The van der Waals surface area contributed by atoms with Crippen molar-refractivity contribution in [1.29, 1.82) is 0 Å². The minimum atomic E-state index is -3.61. The summed E-state index contributed by atoms with van der Waals surface area (Å²) in [5.41, 5.74) is 2.91. The van der Waals surface area contributed by atoms with E-state index < -0.39 is 10.0 Å². The average Bonchev–Trinajstić information content (AvgIpc) is 2.74. The zero-order valence-electron chi connectivity index (χ0n) is 18.1. The van der Waals surface area contributed by atoms with E-state index in [4.69, 9.17) is 4.74 Å². The number of aryl methyl sites for hydroxylation is 2. The van der Waals surface area contributed by atoms with Gasteiger partial charge in [0.05, 0.1) is 18.0 Å². The number of sulfonamides is 1. The van der Waals surface area contributed by atoms with Crippen LogP contribution in [0.25, 0.3) is 0 Å². The summed E-state index contributed by atoms with van der Waals surface area (Å²) in [6, 6.07) is 10.4. The van der Waals surface area contributed by atoms with Crippen molar-refractivity contribution in [3.05, 3.63) is 58.7 Å². The Bertz CT molecular complexity index is 1030. The summed E-state index contributed by atoms with van der Waals surface area (Å²) in [7, 11) is -2.01. The highest BCUT2D eigenvalue weighted by molar-refractivity contribution is 7.89. The third-order valence-corrected chi connectivity index (χ3v) is 7.62.